The number of methoxy groups -OCH3 is 1. The van der Waals surface area contributed by atoms with Gasteiger partial charge in [-0.25, -0.2) is 0 Å². The van der Waals surface area contributed by atoms with Crippen molar-refractivity contribution in [2.75, 3.05) is 26.8 Å². The molecule has 0 fully saturated rings. The zero-order valence-electron chi connectivity index (χ0n) is 19.1. The van der Waals surface area contributed by atoms with Crippen LogP contribution < -0.4 is 9.47 Å². The van der Waals surface area contributed by atoms with Crippen LogP contribution in [0.5, 0.6) is 11.5 Å². The standard InChI is InChI=1S/C27H29ClN2O4/c1-32-23-13-11-20(12-14-23)27-15-25(34-29-27)18-30(16-21-7-5-6-10-26(21)28)17-22(31)19-33-24-8-3-2-4-9-24/h2-14,22,25,31H,15-19H2,1H3/t22-,25-/m1/s1. The summed E-state index contributed by atoms with van der Waals surface area (Å²) in [5, 5.41) is 15.7. The van der Waals surface area contributed by atoms with E-state index in [1.54, 1.807) is 7.11 Å². The van der Waals surface area contributed by atoms with E-state index in [1.807, 2.05) is 78.9 Å². The Bertz CT molecular complexity index is 1080. The Morgan fingerprint density at radius 1 is 1.03 bits per heavy atom. The zero-order chi connectivity index (χ0) is 23.8. The molecule has 0 radical (unpaired) electrons. The van der Waals surface area contributed by atoms with Gasteiger partial charge in [-0.2, -0.15) is 0 Å². The summed E-state index contributed by atoms with van der Waals surface area (Å²) < 4.78 is 11.0. The van der Waals surface area contributed by atoms with Crippen LogP contribution in [-0.2, 0) is 11.4 Å². The van der Waals surface area contributed by atoms with E-state index in [4.69, 9.17) is 25.9 Å². The highest BCUT2D eigenvalue weighted by Gasteiger charge is 2.26. The Morgan fingerprint density at radius 3 is 2.50 bits per heavy atom. The van der Waals surface area contributed by atoms with Gasteiger partial charge in [-0.3, -0.25) is 4.90 Å². The van der Waals surface area contributed by atoms with Crippen LogP contribution in [0.1, 0.15) is 17.5 Å². The maximum Gasteiger partial charge on any atom is 0.145 e. The van der Waals surface area contributed by atoms with Gasteiger partial charge in [0.15, 0.2) is 0 Å². The summed E-state index contributed by atoms with van der Waals surface area (Å²) >= 11 is 6.41. The second kappa shape index (κ2) is 11.9. The van der Waals surface area contributed by atoms with Crippen LogP contribution in [0, 0.1) is 0 Å². The molecule has 1 aliphatic rings. The molecule has 3 aromatic rings. The summed E-state index contributed by atoms with van der Waals surface area (Å²) in [5.74, 6) is 1.54. The Labute approximate surface area is 205 Å². The molecular formula is C27H29ClN2O4. The summed E-state index contributed by atoms with van der Waals surface area (Å²) in [6, 6.07) is 25.0. The summed E-state index contributed by atoms with van der Waals surface area (Å²) in [7, 11) is 1.65. The van der Waals surface area contributed by atoms with Crippen molar-refractivity contribution < 1.29 is 19.4 Å². The number of hydrogen-bond acceptors (Lipinski definition) is 6. The van der Waals surface area contributed by atoms with Crippen molar-refractivity contribution >= 4 is 17.3 Å². The highest BCUT2D eigenvalue weighted by atomic mass is 35.5. The van der Waals surface area contributed by atoms with E-state index < -0.39 is 6.10 Å². The van der Waals surface area contributed by atoms with Crippen molar-refractivity contribution in [2.24, 2.45) is 5.16 Å². The number of nitrogens with zero attached hydrogens (tertiary/aromatic N) is 2. The van der Waals surface area contributed by atoms with Gasteiger partial charge >= 0.3 is 0 Å². The molecule has 178 valence electrons. The van der Waals surface area contributed by atoms with E-state index >= 15 is 0 Å². The SMILES string of the molecule is COc1ccc(C2=NO[C@@H](CN(Cc3ccccc3Cl)C[C@@H](O)COc3ccccc3)C2)cc1. The van der Waals surface area contributed by atoms with Crippen molar-refractivity contribution in [3.05, 3.63) is 95.0 Å². The second-order valence-corrected chi connectivity index (χ2v) is 8.67. The summed E-state index contributed by atoms with van der Waals surface area (Å²) in [5.41, 5.74) is 2.91. The lowest BCUT2D eigenvalue weighted by Gasteiger charge is -2.27. The van der Waals surface area contributed by atoms with Crippen LogP contribution >= 0.6 is 11.6 Å². The lowest BCUT2D eigenvalue weighted by molar-refractivity contribution is 0.0213. The Morgan fingerprint density at radius 2 is 1.76 bits per heavy atom. The van der Waals surface area contributed by atoms with E-state index in [-0.39, 0.29) is 12.7 Å². The molecule has 0 aliphatic carbocycles. The normalized spacial score (nSPS) is 16.1. The molecule has 0 unspecified atom stereocenters. The molecular weight excluding hydrogens is 452 g/mol. The minimum atomic E-state index is -0.675. The average Bonchev–Trinajstić information content (AvgIpc) is 3.33. The first-order valence-corrected chi connectivity index (χ1v) is 11.7. The number of aliphatic hydroxyl groups is 1. The fraction of sp³-hybridized carbons (Fsp3) is 0.296. The molecule has 0 aromatic heterocycles. The maximum atomic E-state index is 10.7. The van der Waals surface area contributed by atoms with Crippen molar-refractivity contribution in [1.82, 2.24) is 4.90 Å². The van der Waals surface area contributed by atoms with Crippen LogP contribution in [0.2, 0.25) is 5.02 Å². The van der Waals surface area contributed by atoms with E-state index in [0.717, 1.165) is 28.3 Å². The monoisotopic (exact) mass is 480 g/mol. The average molecular weight is 481 g/mol. The first kappa shape index (κ1) is 24.1. The first-order valence-electron chi connectivity index (χ1n) is 11.3. The number of oxime groups is 1. The molecule has 34 heavy (non-hydrogen) atoms. The molecule has 1 N–H and O–H groups in total. The minimum Gasteiger partial charge on any atom is -0.497 e. The van der Waals surface area contributed by atoms with Crippen LogP contribution in [0.4, 0.5) is 0 Å². The van der Waals surface area contributed by atoms with Crippen molar-refractivity contribution in [1.29, 1.82) is 0 Å². The number of ether oxygens (including phenoxy) is 2. The molecule has 0 spiro atoms. The second-order valence-electron chi connectivity index (χ2n) is 8.26. The molecule has 7 heteroatoms. The van der Waals surface area contributed by atoms with Gasteiger partial charge in [-0.05, 0) is 53.6 Å². The Kier molecular flexibility index (Phi) is 8.41. The molecule has 1 heterocycles. The molecule has 2 atom stereocenters. The summed E-state index contributed by atoms with van der Waals surface area (Å²) in [6.07, 6.45) is -0.116. The maximum absolute atomic E-state index is 10.7. The van der Waals surface area contributed by atoms with Crippen LogP contribution in [0.3, 0.4) is 0 Å². The Hall–Kier alpha value is -3.06. The van der Waals surface area contributed by atoms with Crippen LogP contribution in [-0.4, -0.2) is 54.7 Å². The van der Waals surface area contributed by atoms with Crippen molar-refractivity contribution in [3.63, 3.8) is 0 Å². The fourth-order valence-corrected chi connectivity index (χ4v) is 4.09. The Balaban J connectivity index is 1.38. The first-order chi connectivity index (χ1) is 16.6. The molecule has 3 aromatic carbocycles. The third kappa shape index (κ3) is 6.73. The fourth-order valence-electron chi connectivity index (χ4n) is 3.90. The van der Waals surface area contributed by atoms with Gasteiger partial charge in [-0.1, -0.05) is 53.2 Å². The number of hydrogen-bond donors (Lipinski definition) is 1. The molecule has 0 amide bonds. The highest BCUT2D eigenvalue weighted by Crippen LogP contribution is 2.22. The predicted molar refractivity (Wildman–Crippen MR) is 134 cm³/mol. The number of benzene rings is 3. The van der Waals surface area contributed by atoms with Gasteiger partial charge in [0.2, 0.25) is 0 Å². The van der Waals surface area contributed by atoms with E-state index in [1.165, 1.54) is 0 Å². The van der Waals surface area contributed by atoms with Gasteiger partial charge in [0.25, 0.3) is 0 Å². The van der Waals surface area contributed by atoms with Gasteiger partial charge in [0.1, 0.15) is 30.3 Å². The van der Waals surface area contributed by atoms with Gasteiger partial charge in [-0.15, -0.1) is 0 Å². The van der Waals surface area contributed by atoms with Crippen molar-refractivity contribution in [3.8, 4) is 11.5 Å². The number of aliphatic hydroxyl groups excluding tert-OH is 1. The predicted octanol–water partition coefficient (Wildman–Crippen LogP) is 4.78. The van der Waals surface area contributed by atoms with Crippen LogP contribution in [0.15, 0.2) is 84.0 Å². The smallest absolute Gasteiger partial charge is 0.145 e. The quantitative estimate of drug-likeness (QED) is 0.427. The van der Waals surface area contributed by atoms with Crippen LogP contribution in [0.25, 0.3) is 0 Å². The highest BCUT2D eigenvalue weighted by molar-refractivity contribution is 6.31. The van der Waals surface area contributed by atoms with E-state index in [2.05, 4.69) is 10.1 Å². The third-order valence-corrected chi connectivity index (χ3v) is 5.99. The lowest BCUT2D eigenvalue weighted by atomic mass is 10.0. The molecule has 4 rings (SSSR count). The molecule has 1 aliphatic heterocycles. The minimum absolute atomic E-state index is 0.123. The molecule has 0 bridgehead atoms. The van der Waals surface area contributed by atoms with Gasteiger partial charge in [0.05, 0.1) is 12.8 Å². The largest absolute Gasteiger partial charge is 0.497 e. The molecule has 0 saturated carbocycles. The number of halogens is 1. The molecule has 0 saturated heterocycles. The lowest BCUT2D eigenvalue weighted by Crippen LogP contribution is -2.39. The number of para-hydroxylation sites is 1. The van der Waals surface area contributed by atoms with Crippen molar-refractivity contribution in [2.45, 2.75) is 25.2 Å². The third-order valence-electron chi connectivity index (χ3n) is 5.62. The van der Waals surface area contributed by atoms with E-state index in [9.17, 15) is 5.11 Å². The van der Waals surface area contributed by atoms with Gasteiger partial charge < -0.3 is 19.4 Å². The number of rotatable bonds is 11. The topological polar surface area (TPSA) is 63.5 Å². The van der Waals surface area contributed by atoms with E-state index in [0.29, 0.717) is 31.1 Å². The van der Waals surface area contributed by atoms with Gasteiger partial charge in [0, 0.05) is 31.1 Å². The summed E-state index contributed by atoms with van der Waals surface area (Å²) in [4.78, 5) is 7.89. The zero-order valence-corrected chi connectivity index (χ0v) is 19.9. The summed E-state index contributed by atoms with van der Waals surface area (Å²) in [6.45, 7) is 1.79. The molecule has 6 nitrogen and oxygen atoms in total.